The number of fused-ring (bicyclic) bond motifs is 1. The molecule has 2 unspecified atom stereocenters. The number of carbonyl (C=O) groups is 2. The molecule has 2 aliphatic rings. The summed E-state index contributed by atoms with van der Waals surface area (Å²) >= 11 is 16.0. The minimum absolute atomic E-state index is 0.00727. The number of benzene rings is 2. The largest absolute Gasteiger partial charge is 0.466 e. The third kappa shape index (κ3) is 5.18. The van der Waals surface area contributed by atoms with Gasteiger partial charge in [0.1, 0.15) is 5.54 Å². The molecule has 0 N–H and O–H groups in total. The number of sulfonamides is 1. The highest BCUT2D eigenvalue weighted by atomic mass is 79.9. The second kappa shape index (κ2) is 11.1. The number of nitrogens with zero attached hydrogens (tertiary/aromatic N) is 4. The number of piperidine rings is 1. The number of anilines is 2. The highest BCUT2D eigenvalue weighted by Gasteiger charge is 2.52. The summed E-state index contributed by atoms with van der Waals surface area (Å²) in [5, 5.41) is 0.512. The van der Waals surface area contributed by atoms with Crippen molar-refractivity contribution in [2.75, 3.05) is 24.6 Å². The van der Waals surface area contributed by atoms with Gasteiger partial charge in [0, 0.05) is 34.0 Å². The van der Waals surface area contributed by atoms with E-state index < -0.39 is 27.4 Å². The maximum absolute atomic E-state index is 14.2. The highest BCUT2D eigenvalue weighted by molar-refractivity contribution is 9.10. The van der Waals surface area contributed by atoms with Crippen LogP contribution in [0.1, 0.15) is 32.3 Å². The Hall–Kier alpha value is -2.44. The van der Waals surface area contributed by atoms with Crippen LogP contribution in [0.15, 0.2) is 58.2 Å². The van der Waals surface area contributed by atoms with Crippen molar-refractivity contribution in [3.63, 3.8) is 0 Å². The molecule has 3 aromatic rings. The molecular formula is C27H27BrCl2N4O5S. The van der Waals surface area contributed by atoms with Crippen molar-refractivity contribution >= 4 is 72.7 Å². The summed E-state index contributed by atoms with van der Waals surface area (Å²) in [5.74, 6) is -1.22. The van der Waals surface area contributed by atoms with Crippen LogP contribution < -0.4 is 4.90 Å². The predicted octanol–water partition coefficient (Wildman–Crippen LogP) is 5.55. The van der Waals surface area contributed by atoms with Crippen molar-refractivity contribution in [2.24, 2.45) is 5.92 Å². The van der Waals surface area contributed by atoms with E-state index in [-0.39, 0.29) is 43.0 Å². The Morgan fingerprint density at radius 2 is 1.85 bits per heavy atom. The third-order valence-electron chi connectivity index (χ3n) is 7.24. The SMILES string of the molecule is CCOC(=O)C1CCCN(S(=O)(=O)c2cnc3n2C(C)(Cc2ccc(Br)cc2)C(=O)N3c2cc(Cl)cc(Cl)c2)C1. The van der Waals surface area contributed by atoms with Crippen LogP contribution in [0.25, 0.3) is 0 Å². The number of ether oxygens (including phenoxy) is 1. The molecule has 0 bridgehead atoms. The summed E-state index contributed by atoms with van der Waals surface area (Å²) in [7, 11) is -4.15. The standard InChI is InChI=1S/C27H27BrCl2N4O5S/c1-3-39-24(35)18-5-4-10-32(16-18)40(37,38)23-15-31-26-33(22-12-20(29)11-21(30)13-22)25(36)27(2,34(23)26)14-17-6-8-19(28)9-7-17/h6-9,11-13,15,18H,3-5,10,14,16H2,1-2H3. The van der Waals surface area contributed by atoms with Crippen molar-refractivity contribution in [3.05, 3.63) is 68.7 Å². The molecule has 9 nitrogen and oxygen atoms in total. The number of imidazole rings is 1. The number of halogens is 3. The monoisotopic (exact) mass is 668 g/mol. The van der Waals surface area contributed by atoms with E-state index in [0.29, 0.717) is 28.6 Å². The maximum atomic E-state index is 14.2. The van der Waals surface area contributed by atoms with E-state index in [1.54, 1.807) is 32.0 Å². The molecule has 1 amide bonds. The van der Waals surface area contributed by atoms with Gasteiger partial charge in [0.2, 0.25) is 5.95 Å². The summed E-state index contributed by atoms with van der Waals surface area (Å²) in [6.07, 6.45) is 2.51. The van der Waals surface area contributed by atoms with Gasteiger partial charge >= 0.3 is 5.97 Å². The van der Waals surface area contributed by atoms with Gasteiger partial charge in [-0.05, 0) is 62.6 Å². The summed E-state index contributed by atoms with van der Waals surface area (Å²) in [5.41, 5.74) is -0.153. The van der Waals surface area contributed by atoms with Gasteiger partial charge in [-0.2, -0.15) is 4.31 Å². The molecule has 1 aromatic heterocycles. The summed E-state index contributed by atoms with van der Waals surface area (Å²) < 4.78 is 37.0. The Morgan fingerprint density at radius 1 is 1.18 bits per heavy atom. The van der Waals surface area contributed by atoms with Gasteiger partial charge in [-0.15, -0.1) is 0 Å². The Balaban J connectivity index is 1.62. The minimum atomic E-state index is -4.15. The van der Waals surface area contributed by atoms with Crippen molar-refractivity contribution < 1.29 is 22.7 Å². The number of aromatic nitrogens is 2. The zero-order valence-corrected chi connectivity index (χ0v) is 25.7. The summed E-state index contributed by atoms with van der Waals surface area (Å²) in [6, 6.07) is 12.2. The molecule has 2 aromatic carbocycles. The van der Waals surface area contributed by atoms with Crippen LogP contribution in [0.5, 0.6) is 0 Å². The Morgan fingerprint density at radius 3 is 2.50 bits per heavy atom. The zero-order valence-electron chi connectivity index (χ0n) is 21.8. The van der Waals surface area contributed by atoms with Crippen molar-refractivity contribution in [1.82, 2.24) is 13.9 Å². The smallest absolute Gasteiger partial charge is 0.310 e. The van der Waals surface area contributed by atoms with Crippen LogP contribution in [0.2, 0.25) is 10.0 Å². The molecule has 5 rings (SSSR count). The van der Waals surface area contributed by atoms with E-state index in [0.717, 1.165) is 10.0 Å². The summed E-state index contributed by atoms with van der Waals surface area (Å²) in [4.78, 5) is 32.4. The van der Waals surface area contributed by atoms with E-state index in [4.69, 9.17) is 27.9 Å². The fourth-order valence-corrected chi connectivity index (χ4v) is 7.85. The van der Waals surface area contributed by atoms with Crippen molar-refractivity contribution in [2.45, 2.75) is 43.7 Å². The van der Waals surface area contributed by atoms with Gasteiger partial charge in [-0.1, -0.05) is 51.3 Å². The van der Waals surface area contributed by atoms with Gasteiger partial charge in [0.15, 0.2) is 5.03 Å². The Bertz CT molecular complexity index is 1560. The lowest BCUT2D eigenvalue weighted by Gasteiger charge is -2.32. The molecule has 40 heavy (non-hydrogen) atoms. The number of hydrogen-bond donors (Lipinski definition) is 0. The lowest BCUT2D eigenvalue weighted by Crippen LogP contribution is -2.45. The average Bonchev–Trinajstić information content (AvgIpc) is 3.43. The van der Waals surface area contributed by atoms with Gasteiger partial charge in [0.25, 0.3) is 15.9 Å². The van der Waals surface area contributed by atoms with Crippen LogP contribution in [0.3, 0.4) is 0 Å². The molecule has 0 aliphatic carbocycles. The topological polar surface area (TPSA) is 102 Å². The number of hydrogen-bond acceptors (Lipinski definition) is 6. The highest BCUT2D eigenvalue weighted by Crippen LogP contribution is 2.45. The molecular weight excluding hydrogens is 643 g/mol. The molecule has 1 fully saturated rings. The van der Waals surface area contributed by atoms with E-state index in [1.165, 1.54) is 20.0 Å². The first-order valence-electron chi connectivity index (χ1n) is 12.8. The Labute approximate surface area is 251 Å². The van der Waals surface area contributed by atoms with Gasteiger partial charge < -0.3 is 4.74 Å². The summed E-state index contributed by atoms with van der Waals surface area (Å²) in [6.45, 7) is 3.87. The van der Waals surface area contributed by atoms with Crippen LogP contribution in [0.4, 0.5) is 11.6 Å². The van der Waals surface area contributed by atoms with E-state index in [2.05, 4.69) is 20.9 Å². The normalized spacial score (nSPS) is 21.5. The molecule has 0 spiro atoms. The fraction of sp³-hybridized carbons (Fsp3) is 0.370. The molecule has 0 saturated carbocycles. The second-order valence-corrected chi connectivity index (χ2v) is 13.7. The average molecular weight is 670 g/mol. The van der Waals surface area contributed by atoms with Crippen LogP contribution >= 0.6 is 39.1 Å². The molecule has 0 radical (unpaired) electrons. The molecule has 13 heteroatoms. The van der Waals surface area contributed by atoms with Crippen LogP contribution in [0, 0.1) is 5.92 Å². The first kappa shape index (κ1) is 29.1. The van der Waals surface area contributed by atoms with E-state index in [9.17, 15) is 18.0 Å². The number of rotatable bonds is 7. The second-order valence-electron chi connectivity index (χ2n) is 10.0. The molecule has 2 atom stereocenters. The van der Waals surface area contributed by atoms with Crippen molar-refractivity contribution in [1.29, 1.82) is 0 Å². The van der Waals surface area contributed by atoms with Gasteiger partial charge in [-0.25, -0.2) is 18.3 Å². The number of carbonyl (C=O) groups excluding carboxylic acids is 2. The lowest BCUT2D eigenvalue weighted by molar-refractivity contribution is -0.149. The van der Waals surface area contributed by atoms with Crippen LogP contribution in [-0.2, 0) is 36.3 Å². The third-order valence-corrected chi connectivity index (χ3v) is 10.0. The number of esters is 1. The number of amides is 1. The first-order chi connectivity index (χ1) is 19.0. The molecule has 2 aliphatic heterocycles. The van der Waals surface area contributed by atoms with Crippen molar-refractivity contribution in [3.8, 4) is 0 Å². The Kier molecular flexibility index (Phi) is 8.06. The molecule has 1 saturated heterocycles. The van der Waals surface area contributed by atoms with Gasteiger partial charge in [0.05, 0.1) is 24.4 Å². The van der Waals surface area contributed by atoms with Crippen LogP contribution in [-0.4, -0.2) is 53.8 Å². The quantitative estimate of drug-likeness (QED) is 0.306. The lowest BCUT2D eigenvalue weighted by atomic mass is 9.92. The van der Waals surface area contributed by atoms with E-state index in [1.807, 2.05) is 24.3 Å². The van der Waals surface area contributed by atoms with Gasteiger partial charge in [-0.3, -0.25) is 14.2 Å². The molecule has 3 heterocycles. The predicted molar refractivity (Wildman–Crippen MR) is 155 cm³/mol. The maximum Gasteiger partial charge on any atom is 0.310 e. The molecule has 212 valence electrons. The minimum Gasteiger partial charge on any atom is -0.466 e. The first-order valence-corrected chi connectivity index (χ1v) is 15.7. The zero-order chi connectivity index (χ0) is 28.8. The fourth-order valence-electron chi connectivity index (χ4n) is 5.36. The van der Waals surface area contributed by atoms with E-state index >= 15 is 0 Å².